The number of hydrogen-bond acceptors (Lipinski definition) is 2. The van der Waals surface area contributed by atoms with E-state index in [0.717, 1.165) is 31.4 Å². The maximum atomic E-state index is 9.50. The van der Waals surface area contributed by atoms with Crippen LogP contribution in [-0.4, -0.2) is 23.2 Å². The minimum absolute atomic E-state index is 0.0730. The van der Waals surface area contributed by atoms with E-state index >= 15 is 0 Å². The highest BCUT2D eigenvalue weighted by molar-refractivity contribution is 7.98. The van der Waals surface area contributed by atoms with Crippen molar-refractivity contribution in [2.24, 2.45) is 0 Å². The summed E-state index contributed by atoms with van der Waals surface area (Å²) in [6.07, 6.45) is 10.6. The third-order valence-corrected chi connectivity index (χ3v) is 2.74. The van der Waals surface area contributed by atoms with Gasteiger partial charge in [0.05, 0.1) is 6.10 Å². The van der Waals surface area contributed by atoms with Crippen LogP contribution >= 0.6 is 11.8 Å². The van der Waals surface area contributed by atoms with Crippen molar-refractivity contribution in [3.63, 3.8) is 0 Å². The summed E-state index contributed by atoms with van der Waals surface area (Å²) in [6, 6.07) is 0. The fourth-order valence-corrected chi connectivity index (χ4v) is 1.75. The van der Waals surface area contributed by atoms with E-state index in [1.54, 1.807) is 11.8 Å². The maximum absolute atomic E-state index is 9.50. The second-order valence-electron chi connectivity index (χ2n) is 3.36. The Labute approximate surface area is 86.6 Å². The van der Waals surface area contributed by atoms with Gasteiger partial charge < -0.3 is 5.11 Å². The molecule has 0 aliphatic rings. The molecule has 0 aromatic rings. The molecule has 0 aliphatic carbocycles. The van der Waals surface area contributed by atoms with Crippen LogP contribution in [0.5, 0.6) is 0 Å². The van der Waals surface area contributed by atoms with Crippen LogP contribution < -0.4 is 0 Å². The molecule has 0 rings (SSSR count). The molecule has 1 atom stereocenters. The van der Waals surface area contributed by atoms with Gasteiger partial charge >= 0.3 is 0 Å². The normalized spacial score (nSPS) is 12.8. The number of thioether (sulfide) groups is 1. The van der Waals surface area contributed by atoms with Crippen LogP contribution in [0.25, 0.3) is 0 Å². The second kappa shape index (κ2) is 10.1. The van der Waals surface area contributed by atoms with Gasteiger partial charge in [-0.2, -0.15) is 11.8 Å². The lowest BCUT2D eigenvalue weighted by Crippen LogP contribution is -2.07. The molecule has 0 heterocycles. The lowest BCUT2D eigenvalue weighted by molar-refractivity contribution is 0.158. The van der Waals surface area contributed by atoms with E-state index in [1.807, 2.05) is 6.08 Å². The van der Waals surface area contributed by atoms with Gasteiger partial charge in [0, 0.05) is 0 Å². The lowest BCUT2D eigenvalue weighted by atomic mass is 10.1. The summed E-state index contributed by atoms with van der Waals surface area (Å²) in [5, 5.41) is 9.50. The van der Waals surface area contributed by atoms with E-state index in [-0.39, 0.29) is 6.10 Å². The summed E-state index contributed by atoms with van der Waals surface area (Å²) >= 11 is 1.80. The molecule has 2 heteroatoms. The minimum atomic E-state index is -0.0730. The Morgan fingerprint density at radius 3 is 2.69 bits per heavy atom. The zero-order valence-corrected chi connectivity index (χ0v) is 9.48. The van der Waals surface area contributed by atoms with Crippen LogP contribution in [-0.2, 0) is 0 Å². The van der Waals surface area contributed by atoms with E-state index in [9.17, 15) is 5.11 Å². The molecule has 13 heavy (non-hydrogen) atoms. The predicted molar refractivity (Wildman–Crippen MR) is 62.3 cm³/mol. The summed E-state index contributed by atoms with van der Waals surface area (Å²) in [5.74, 6) is 1.08. The molecule has 0 aromatic carbocycles. The molecule has 0 spiro atoms. The van der Waals surface area contributed by atoms with Crippen LogP contribution in [0.3, 0.4) is 0 Å². The molecule has 0 bridgehead atoms. The van der Waals surface area contributed by atoms with Crippen LogP contribution in [0.1, 0.15) is 38.5 Å². The van der Waals surface area contributed by atoms with Crippen molar-refractivity contribution >= 4 is 11.8 Å². The fourth-order valence-electron chi connectivity index (χ4n) is 1.24. The Bertz CT molecular complexity index is 115. The molecule has 78 valence electrons. The quantitative estimate of drug-likeness (QED) is 0.457. The fraction of sp³-hybridized carbons (Fsp3) is 0.818. The first-order chi connectivity index (χ1) is 6.31. The molecule has 0 aromatic heterocycles. The Morgan fingerprint density at radius 2 is 2.08 bits per heavy atom. The zero-order valence-electron chi connectivity index (χ0n) is 8.67. The van der Waals surface area contributed by atoms with Gasteiger partial charge in [-0.25, -0.2) is 0 Å². The van der Waals surface area contributed by atoms with Crippen molar-refractivity contribution < 1.29 is 5.11 Å². The molecule has 0 amide bonds. The molecule has 0 radical (unpaired) electrons. The number of rotatable bonds is 9. The summed E-state index contributed by atoms with van der Waals surface area (Å²) in [5.41, 5.74) is 0. The van der Waals surface area contributed by atoms with Crippen LogP contribution in [0.4, 0.5) is 0 Å². The van der Waals surface area contributed by atoms with Crippen molar-refractivity contribution in [2.45, 2.75) is 44.6 Å². The van der Waals surface area contributed by atoms with E-state index < -0.39 is 0 Å². The minimum Gasteiger partial charge on any atom is -0.393 e. The van der Waals surface area contributed by atoms with E-state index in [0.29, 0.717) is 0 Å². The van der Waals surface area contributed by atoms with Gasteiger partial charge in [-0.05, 0) is 37.7 Å². The smallest absolute Gasteiger partial charge is 0.0548 e. The molecule has 0 aliphatic heterocycles. The summed E-state index contributed by atoms with van der Waals surface area (Å²) in [7, 11) is 0. The third kappa shape index (κ3) is 9.97. The van der Waals surface area contributed by atoms with Crippen molar-refractivity contribution in [3.8, 4) is 0 Å². The van der Waals surface area contributed by atoms with Gasteiger partial charge in [-0.1, -0.05) is 18.9 Å². The Hall–Kier alpha value is 0.0500. The molecule has 1 nitrogen and oxygen atoms in total. The number of aliphatic hydroxyl groups excluding tert-OH is 1. The van der Waals surface area contributed by atoms with Gasteiger partial charge in [0.1, 0.15) is 0 Å². The molecular weight excluding hydrogens is 180 g/mol. The van der Waals surface area contributed by atoms with E-state index in [1.165, 1.54) is 12.8 Å². The van der Waals surface area contributed by atoms with Crippen molar-refractivity contribution in [3.05, 3.63) is 12.7 Å². The number of allylic oxidation sites excluding steroid dienone is 1. The standard InChI is InChI=1S/C11H22OS/c1-3-4-5-6-7-8-11(12)9-10-13-2/h3,11-12H,1,4-10H2,2H3. The van der Waals surface area contributed by atoms with Gasteiger partial charge in [-0.15, -0.1) is 6.58 Å². The van der Waals surface area contributed by atoms with Gasteiger partial charge in [0.15, 0.2) is 0 Å². The first-order valence-electron chi connectivity index (χ1n) is 5.09. The van der Waals surface area contributed by atoms with Gasteiger partial charge in [0.25, 0.3) is 0 Å². The van der Waals surface area contributed by atoms with Crippen LogP contribution in [0, 0.1) is 0 Å². The molecule has 0 saturated carbocycles. The van der Waals surface area contributed by atoms with Gasteiger partial charge in [0.2, 0.25) is 0 Å². The number of hydrogen-bond donors (Lipinski definition) is 1. The summed E-state index contributed by atoms with van der Waals surface area (Å²) in [6.45, 7) is 3.68. The van der Waals surface area contributed by atoms with E-state index in [2.05, 4.69) is 12.8 Å². The van der Waals surface area contributed by atoms with Crippen molar-refractivity contribution in [2.75, 3.05) is 12.0 Å². The van der Waals surface area contributed by atoms with E-state index in [4.69, 9.17) is 0 Å². The molecule has 0 saturated heterocycles. The van der Waals surface area contributed by atoms with Crippen LogP contribution in [0.15, 0.2) is 12.7 Å². The van der Waals surface area contributed by atoms with Crippen LogP contribution in [0.2, 0.25) is 0 Å². The Kier molecular flexibility index (Phi) is 10.2. The highest BCUT2D eigenvalue weighted by Gasteiger charge is 2.02. The average Bonchev–Trinajstić information content (AvgIpc) is 2.14. The third-order valence-electron chi connectivity index (χ3n) is 2.10. The molecular formula is C11H22OS. The topological polar surface area (TPSA) is 20.2 Å². The summed E-state index contributed by atoms with van der Waals surface area (Å²) < 4.78 is 0. The monoisotopic (exact) mass is 202 g/mol. The molecule has 1 N–H and O–H groups in total. The summed E-state index contributed by atoms with van der Waals surface area (Å²) in [4.78, 5) is 0. The van der Waals surface area contributed by atoms with Crippen molar-refractivity contribution in [1.29, 1.82) is 0 Å². The SMILES string of the molecule is C=CCCCCCC(O)CCSC. The maximum Gasteiger partial charge on any atom is 0.0548 e. The molecule has 1 unspecified atom stereocenters. The first kappa shape index (κ1) is 13.1. The number of unbranched alkanes of at least 4 members (excludes halogenated alkanes) is 3. The van der Waals surface area contributed by atoms with Gasteiger partial charge in [-0.3, -0.25) is 0 Å². The highest BCUT2D eigenvalue weighted by atomic mass is 32.2. The highest BCUT2D eigenvalue weighted by Crippen LogP contribution is 2.10. The number of aliphatic hydroxyl groups is 1. The first-order valence-corrected chi connectivity index (χ1v) is 6.48. The largest absolute Gasteiger partial charge is 0.393 e. The molecule has 0 fully saturated rings. The second-order valence-corrected chi connectivity index (χ2v) is 4.35. The van der Waals surface area contributed by atoms with Crippen molar-refractivity contribution in [1.82, 2.24) is 0 Å². The zero-order chi connectivity index (χ0) is 9.94. The Balaban J connectivity index is 3.07. The average molecular weight is 202 g/mol. The lowest BCUT2D eigenvalue weighted by Gasteiger charge is -2.08. The Morgan fingerprint density at radius 1 is 1.31 bits per heavy atom. The predicted octanol–water partition coefficient (Wildman–Crippen LogP) is 3.24.